The van der Waals surface area contributed by atoms with Gasteiger partial charge in [0.2, 0.25) is 0 Å². The van der Waals surface area contributed by atoms with Crippen molar-refractivity contribution in [1.29, 1.82) is 0 Å². The van der Waals surface area contributed by atoms with Crippen molar-refractivity contribution in [2.45, 2.75) is 45.6 Å². The molecule has 1 fully saturated rings. The first-order valence-electron chi connectivity index (χ1n) is 7.39. The van der Waals surface area contributed by atoms with Crippen LogP contribution in [-0.2, 0) is 6.42 Å². The van der Waals surface area contributed by atoms with Crippen LogP contribution in [0.15, 0.2) is 18.2 Å². The maximum Gasteiger partial charge on any atom is 0.0459 e. The molecule has 2 nitrogen and oxygen atoms in total. The van der Waals surface area contributed by atoms with E-state index in [4.69, 9.17) is 17.3 Å². The van der Waals surface area contributed by atoms with E-state index in [1.807, 2.05) is 6.07 Å². The average Bonchev–Trinajstić information content (AvgIpc) is 2.42. The summed E-state index contributed by atoms with van der Waals surface area (Å²) in [7, 11) is 0. The van der Waals surface area contributed by atoms with Gasteiger partial charge in [0.25, 0.3) is 0 Å². The standard InChI is InChI=1S/C16H25ClN2/c1-3-13(18)11-14-15(17)5-4-6-16(14)19-9-7-12(2)8-10-19/h4-6,12-13H,3,7-11,18H2,1-2H3. The van der Waals surface area contributed by atoms with Gasteiger partial charge in [-0.2, -0.15) is 0 Å². The van der Waals surface area contributed by atoms with Crippen LogP contribution in [0.5, 0.6) is 0 Å². The van der Waals surface area contributed by atoms with Crippen molar-refractivity contribution in [1.82, 2.24) is 0 Å². The summed E-state index contributed by atoms with van der Waals surface area (Å²) in [5, 5.41) is 0.861. The van der Waals surface area contributed by atoms with Crippen LogP contribution in [-0.4, -0.2) is 19.1 Å². The van der Waals surface area contributed by atoms with Gasteiger partial charge >= 0.3 is 0 Å². The molecule has 2 N–H and O–H groups in total. The predicted molar refractivity (Wildman–Crippen MR) is 84.0 cm³/mol. The first-order chi connectivity index (χ1) is 9.11. The number of nitrogens with zero attached hydrogens (tertiary/aromatic N) is 1. The van der Waals surface area contributed by atoms with E-state index in [0.717, 1.165) is 36.9 Å². The second kappa shape index (κ2) is 6.62. The fraction of sp³-hybridized carbons (Fsp3) is 0.625. The summed E-state index contributed by atoms with van der Waals surface area (Å²) in [6.45, 7) is 6.73. The van der Waals surface area contributed by atoms with Crippen LogP contribution in [0.4, 0.5) is 5.69 Å². The molecule has 1 atom stereocenters. The molecule has 0 amide bonds. The largest absolute Gasteiger partial charge is 0.371 e. The zero-order valence-electron chi connectivity index (χ0n) is 12.0. The molecule has 1 aliphatic rings. The van der Waals surface area contributed by atoms with Crippen molar-refractivity contribution in [2.24, 2.45) is 11.7 Å². The van der Waals surface area contributed by atoms with Crippen molar-refractivity contribution in [3.63, 3.8) is 0 Å². The third kappa shape index (κ3) is 3.64. The van der Waals surface area contributed by atoms with Gasteiger partial charge in [0.05, 0.1) is 0 Å². The first-order valence-corrected chi connectivity index (χ1v) is 7.77. The molecule has 0 spiro atoms. The number of hydrogen-bond acceptors (Lipinski definition) is 2. The molecule has 3 heteroatoms. The van der Waals surface area contributed by atoms with Crippen LogP contribution in [0.2, 0.25) is 5.02 Å². The number of benzene rings is 1. The lowest BCUT2D eigenvalue weighted by molar-refractivity contribution is 0.437. The highest BCUT2D eigenvalue weighted by Crippen LogP contribution is 2.31. The van der Waals surface area contributed by atoms with E-state index in [2.05, 4.69) is 30.9 Å². The van der Waals surface area contributed by atoms with Gasteiger partial charge in [-0.05, 0) is 49.3 Å². The van der Waals surface area contributed by atoms with Crippen LogP contribution in [0, 0.1) is 5.92 Å². The molecule has 0 aromatic heterocycles. The van der Waals surface area contributed by atoms with Gasteiger partial charge < -0.3 is 10.6 Å². The van der Waals surface area contributed by atoms with Gasteiger partial charge in [0.15, 0.2) is 0 Å². The number of rotatable bonds is 4. The van der Waals surface area contributed by atoms with Crippen LogP contribution in [0.1, 0.15) is 38.7 Å². The van der Waals surface area contributed by atoms with Gasteiger partial charge in [-0.25, -0.2) is 0 Å². The smallest absolute Gasteiger partial charge is 0.0459 e. The second-order valence-electron chi connectivity index (χ2n) is 5.78. The molecule has 1 aromatic rings. The molecule has 0 aliphatic carbocycles. The molecule has 1 aromatic carbocycles. The number of nitrogens with two attached hydrogens (primary N) is 1. The monoisotopic (exact) mass is 280 g/mol. The van der Waals surface area contributed by atoms with E-state index < -0.39 is 0 Å². The summed E-state index contributed by atoms with van der Waals surface area (Å²) in [6, 6.07) is 6.42. The summed E-state index contributed by atoms with van der Waals surface area (Å²) < 4.78 is 0. The Kier molecular flexibility index (Phi) is 5.12. The maximum atomic E-state index is 6.40. The number of halogens is 1. The Balaban J connectivity index is 2.21. The third-order valence-electron chi connectivity index (χ3n) is 4.21. The lowest BCUT2D eigenvalue weighted by atomic mass is 9.96. The second-order valence-corrected chi connectivity index (χ2v) is 6.19. The summed E-state index contributed by atoms with van der Waals surface area (Å²) in [4.78, 5) is 2.48. The van der Waals surface area contributed by atoms with E-state index in [0.29, 0.717) is 0 Å². The van der Waals surface area contributed by atoms with Crippen molar-refractivity contribution in [3.8, 4) is 0 Å². The number of hydrogen-bond donors (Lipinski definition) is 1. The molecule has 19 heavy (non-hydrogen) atoms. The molecule has 0 bridgehead atoms. The molecular weight excluding hydrogens is 256 g/mol. The van der Waals surface area contributed by atoms with E-state index in [9.17, 15) is 0 Å². The summed E-state index contributed by atoms with van der Waals surface area (Å²) >= 11 is 6.40. The van der Waals surface area contributed by atoms with E-state index in [1.54, 1.807) is 0 Å². The SMILES string of the molecule is CCC(N)Cc1c(Cl)cccc1N1CCC(C)CC1. The predicted octanol–water partition coefficient (Wildman–Crippen LogP) is 3.86. The van der Waals surface area contributed by atoms with Crippen molar-refractivity contribution < 1.29 is 0 Å². The molecule has 0 saturated carbocycles. The summed E-state index contributed by atoms with van der Waals surface area (Å²) in [5.41, 5.74) is 8.64. The minimum absolute atomic E-state index is 0.197. The quantitative estimate of drug-likeness (QED) is 0.907. The third-order valence-corrected chi connectivity index (χ3v) is 4.56. The van der Waals surface area contributed by atoms with E-state index >= 15 is 0 Å². The van der Waals surface area contributed by atoms with Crippen LogP contribution in [0.25, 0.3) is 0 Å². The van der Waals surface area contributed by atoms with Crippen molar-refractivity contribution >= 4 is 17.3 Å². The molecule has 1 saturated heterocycles. The van der Waals surface area contributed by atoms with Crippen molar-refractivity contribution in [3.05, 3.63) is 28.8 Å². The van der Waals surface area contributed by atoms with Gasteiger partial charge in [0, 0.05) is 29.8 Å². The Morgan fingerprint density at radius 3 is 2.68 bits per heavy atom. The van der Waals surface area contributed by atoms with E-state index in [1.165, 1.54) is 24.1 Å². The Morgan fingerprint density at radius 1 is 1.37 bits per heavy atom. The Bertz CT molecular complexity index is 411. The molecule has 1 aliphatic heterocycles. The fourth-order valence-electron chi connectivity index (χ4n) is 2.70. The minimum Gasteiger partial charge on any atom is -0.371 e. The van der Waals surface area contributed by atoms with Gasteiger partial charge in [-0.15, -0.1) is 0 Å². The fourth-order valence-corrected chi connectivity index (χ4v) is 2.95. The number of piperidine rings is 1. The van der Waals surface area contributed by atoms with Gasteiger partial charge in [-0.3, -0.25) is 0 Å². The van der Waals surface area contributed by atoms with Crippen molar-refractivity contribution in [2.75, 3.05) is 18.0 Å². The summed E-state index contributed by atoms with van der Waals surface area (Å²) in [5.74, 6) is 0.844. The normalized spacial score (nSPS) is 18.6. The Labute approximate surface area is 121 Å². The van der Waals surface area contributed by atoms with Crippen LogP contribution < -0.4 is 10.6 Å². The highest BCUT2D eigenvalue weighted by atomic mass is 35.5. The highest BCUT2D eigenvalue weighted by Gasteiger charge is 2.20. The first kappa shape index (κ1) is 14.7. The average molecular weight is 281 g/mol. The van der Waals surface area contributed by atoms with Crippen LogP contribution >= 0.6 is 11.6 Å². The maximum absolute atomic E-state index is 6.40. The molecular formula is C16H25ClN2. The molecule has 2 rings (SSSR count). The zero-order chi connectivity index (χ0) is 13.8. The molecule has 1 heterocycles. The van der Waals surface area contributed by atoms with Gasteiger partial charge in [0.1, 0.15) is 0 Å². The topological polar surface area (TPSA) is 29.3 Å². The molecule has 1 unspecified atom stereocenters. The number of anilines is 1. The van der Waals surface area contributed by atoms with Crippen LogP contribution in [0.3, 0.4) is 0 Å². The highest BCUT2D eigenvalue weighted by molar-refractivity contribution is 6.31. The lowest BCUT2D eigenvalue weighted by Gasteiger charge is -2.34. The minimum atomic E-state index is 0.197. The Morgan fingerprint density at radius 2 is 2.05 bits per heavy atom. The zero-order valence-corrected chi connectivity index (χ0v) is 12.8. The molecule has 106 valence electrons. The Hall–Kier alpha value is -0.730. The van der Waals surface area contributed by atoms with E-state index in [-0.39, 0.29) is 6.04 Å². The molecule has 0 radical (unpaired) electrons. The van der Waals surface area contributed by atoms with Gasteiger partial charge in [-0.1, -0.05) is 31.5 Å². The lowest BCUT2D eigenvalue weighted by Crippen LogP contribution is -2.34. The summed E-state index contributed by atoms with van der Waals surface area (Å²) in [6.07, 6.45) is 4.40.